The van der Waals surface area contributed by atoms with Gasteiger partial charge in [-0.15, -0.1) is 6.42 Å². The number of benzene rings is 1. The minimum absolute atomic E-state index is 0.103. The summed E-state index contributed by atoms with van der Waals surface area (Å²) in [6, 6.07) is 3.00. The number of aryl methyl sites for hydroxylation is 1. The van der Waals surface area contributed by atoms with Gasteiger partial charge in [-0.25, -0.2) is 8.42 Å². The van der Waals surface area contributed by atoms with Crippen LogP contribution in [0.15, 0.2) is 17.0 Å². The molecule has 0 N–H and O–H groups in total. The van der Waals surface area contributed by atoms with E-state index < -0.39 is 10.0 Å². The van der Waals surface area contributed by atoms with Gasteiger partial charge in [-0.2, -0.15) is 4.31 Å². The van der Waals surface area contributed by atoms with Gasteiger partial charge in [-0.05, 0) is 43.4 Å². The highest BCUT2D eigenvalue weighted by Crippen LogP contribution is 2.32. The summed E-state index contributed by atoms with van der Waals surface area (Å²) in [5, 5.41) is 0.597. The third-order valence-corrected chi connectivity index (χ3v) is 6.59. The summed E-state index contributed by atoms with van der Waals surface area (Å²) < 4.78 is 32.6. The van der Waals surface area contributed by atoms with Gasteiger partial charge < -0.3 is 4.74 Å². The van der Waals surface area contributed by atoms with Crippen molar-refractivity contribution in [2.75, 3.05) is 26.3 Å². The normalized spacial score (nSPS) is 19.5. The lowest BCUT2D eigenvalue weighted by Crippen LogP contribution is -2.41. The fraction of sp³-hybridized carbons (Fsp3) is 0.500. The Labute approximate surface area is 147 Å². The van der Waals surface area contributed by atoms with E-state index in [0.717, 1.165) is 12.8 Å². The van der Waals surface area contributed by atoms with Gasteiger partial charge in [0.1, 0.15) is 11.5 Å². The average molecular weight is 376 g/mol. The molecule has 1 aromatic carbocycles. The zero-order chi connectivity index (χ0) is 17.0. The number of hydrogen-bond acceptors (Lipinski definition) is 3. The zero-order valence-electron chi connectivity index (χ0n) is 12.9. The van der Waals surface area contributed by atoms with Crippen LogP contribution >= 0.6 is 23.2 Å². The maximum Gasteiger partial charge on any atom is 0.244 e. The second-order valence-electron chi connectivity index (χ2n) is 5.62. The molecule has 1 aromatic rings. The fourth-order valence-electron chi connectivity index (χ4n) is 2.63. The molecule has 1 heterocycles. The number of terminal acetylenes is 1. The lowest BCUT2D eigenvalue weighted by atomic mass is 10.0. The number of halogens is 2. The first kappa shape index (κ1) is 18.6. The molecule has 1 atom stereocenters. The van der Waals surface area contributed by atoms with Crippen LogP contribution in [0.4, 0.5) is 0 Å². The van der Waals surface area contributed by atoms with Gasteiger partial charge in [0.15, 0.2) is 0 Å². The molecule has 2 rings (SSSR count). The summed E-state index contributed by atoms with van der Waals surface area (Å²) in [5.41, 5.74) is 0.681. The van der Waals surface area contributed by atoms with E-state index in [2.05, 4.69) is 5.92 Å². The molecule has 7 heteroatoms. The summed E-state index contributed by atoms with van der Waals surface area (Å²) in [7, 11) is -3.65. The van der Waals surface area contributed by atoms with Crippen molar-refractivity contribution in [1.82, 2.24) is 4.31 Å². The van der Waals surface area contributed by atoms with Crippen molar-refractivity contribution in [1.29, 1.82) is 0 Å². The number of sulfonamides is 1. The summed E-state index contributed by atoms with van der Waals surface area (Å²) in [5.74, 6) is 2.55. The molecule has 0 bridgehead atoms. The molecular formula is C16H19Cl2NO3S. The molecule has 1 aliphatic rings. The maximum absolute atomic E-state index is 12.9. The van der Waals surface area contributed by atoms with E-state index in [4.69, 9.17) is 34.4 Å². The van der Waals surface area contributed by atoms with Gasteiger partial charge >= 0.3 is 0 Å². The Morgan fingerprint density at radius 3 is 2.83 bits per heavy atom. The van der Waals surface area contributed by atoms with Crippen LogP contribution in [0, 0.1) is 25.2 Å². The molecule has 1 aliphatic heterocycles. The number of piperidine rings is 1. The van der Waals surface area contributed by atoms with Crippen LogP contribution in [0.5, 0.6) is 0 Å². The summed E-state index contributed by atoms with van der Waals surface area (Å²) in [6.07, 6.45) is 6.86. The molecule has 0 aromatic heterocycles. The van der Waals surface area contributed by atoms with Crippen LogP contribution in [0.3, 0.4) is 0 Å². The van der Waals surface area contributed by atoms with Crippen LogP contribution in [0.25, 0.3) is 0 Å². The van der Waals surface area contributed by atoms with Crippen molar-refractivity contribution in [3.63, 3.8) is 0 Å². The Balaban J connectivity index is 2.19. The minimum atomic E-state index is -3.65. The molecule has 0 spiro atoms. The quantitative estimate of drug-likeness (QED) is 0.585. The van der Waals surface area contributed by atoms with E-state index in [-0.39, 0.29) is 22.4 Å². The van der Waals surface area contributed by atoms with Crippen LogP contribution in [-0.4, -0.2) is 39.0 Å². The first-order valence-electron chi connectivity index (χ1n) is 7.33. The molecule has 4 nitrogen and oxygen atoms in total. The van der Waals surface area contributed by atoms with E-state index in [9.17, 15) is 8.42 Å². The van der Waals surface area contributed by atoms with Crippen LogP contribution in [0.2, 0.25) is 10.0 Å². The monoisotopic (exact) mass is 375 g/mol. The molecule has 1 unspecified atom stereocenters. The van der Waals surface area contributed by atoms with Crippen molar-refractivity contribution in [3.05, 3.63) is 27.7 Å². The first-order chi connectivity index (χ1) is 10.9. The molecule has 0 amide bonds. The summed E-state index contributed by atoms with van der Waals surface area (Å²) in [6.45, 7) is 3.34. The van der Waals surface area contributed by atoms with Crippen LogP contribution in [-0.2, 0) is 14.8 Å². The molecule has 0 radical (unpaired) electrons. The third kappa shape index (κ3) is 4.40. The lowest BCUT2D eigenvalue weighted by Gasteiger charge is -2.32. The zero-order valence-corrected chi connectivity index (χ0v) is 15.2. The van der Waals surface area contributed by atoms with E-state index in [1.807, 2.05) is 0 Å². The summed E-state index contributed by atoms with van der Waals surface area (Å²) in [4.78, 5) is 0.103. The molecule has 1 saturated heterocycles. The van der Waals surface area contributed by atoms with E-state index in [1.165, 1.54) is 16.4 Å². The number of nitrogens with zero attached hydrogens (tertiary/aromatic N) is 1. The Hall–Kier alpha value is -0.770. The predicted molar refractivity (Wildman–Crippen MR) is 92.3 cm³/mol. The SMILES string of the molecule is C#CCOCC1CCCN(S(=O)(=O)c2cc(C)c(Cl)cc2Cl)C1. The fourth-order valence-corrected chi connectivity index (χ4v) is 4.99. The lowest BCUT2D eigenvalue weighted by molar-refractivity contribution is 0.0990. The maximum atomic E-state index is 12.9. The van der Waals surface area contributed by atoms with Crippen molar-refractivity contribution in [3.8, 4) is 12.3 Å². The van der Waals surface area contributed by atoms with Gasteiger partial charge in [0.05, 0.1) is 11.6 Å². The van der Waals surface area contributed by atoms with Crippen molar-refractivity contribution < 1.29 is 13.2 Å². The Morgan fingerprint density at radius 2 is 2.13 bits per heavy atom. The van der Waals surface area contributed by atoms with E-state index in [0.29, 0.717) is 30.3 Å². The molecule has 126 valence electrons. The highest BCUT2D eigenvalue weighted by Gasteiger charge is 2.32. The Kier molecular flexibility index (Phi) is 6.35. The molecule has 0 aliphatic carbocycles. The largest absolute Gasteiger partial charge is 0.368 e. The Morgan fingerprint density at radius 1 is 1.39 bits per heavy atom. The van der Waals surface area contributed by atoms with Crippen molar-refractivity contribution in [2.24, 2.45) is 5.92 Å². The van der Waals surface area contributed by atoms with Crippen molar-refractivity contribution in [2.45, 2.75) is 24.7 Å². The Bertz CT molecular complexity index is 713. The van der Waals surface area contributed by atoms with Gasteiger partial charge in [0.2, 0.25) is 10.0 Å². The molecule has 23 heavy (non-hydrogen) atoms. The highest BCUT2D eigenvalue weighted by atomic mass is 35.5. The molecular weight excluding hydrogens is 357 g/mol. The van der Waals surface area contributed by atoms with Crippen molar-refractivity contribution >= 4 is 33.2 Å². The van der Waals surface area contributed by atoms with E-state index in [1.54, 1.807) is 6.92 Å². The minimum Gasteiger partial charge on any atom is -0.368 e. The topological polar surface area (TPSA) is 46.6 Å². The van der Waals surface area contributed by atoms with Gasteiger partial charge in [0.25, 0.3) is 0 Å². The first-order valence-corrected chi connectivity index (χ1v) is 9.53. The number of hydrogen-bond donors (Lipinski definition) is 0. The second-order valence-corrected chi connectivity index (χ2v) is 8.34. The van der Waals surface area contributed by atoms with Gasteiger partial charge in [0, 0.05) is 18.1 Å². The number of ether oxygens (including phenoxy) is 1. The molecule has 1 fully saturated rings. The smallest absolute Gasteiger partial charge is 0.244 e. The molecule has 0 saturated carbocycles. The van der Waals surface area contributed by atoms with Gasteiger partial charge in [-0.3, -0.25) is 0 Å². The van der Waals surface area contributed by atoms with Crippen LogP contribution < -0.4 is 0 Å². The second kappa shape index (κ2) is 7.87. The standard InChI is InChI=1S/C16H19Cl2NO3S/c1-3-7-22-11-13-5-4-6-19(10-13)23(20,21)16-8-12(2)14(17)9-15(16)18/h1,8-9,13H,4-7,10-11H2,2H3. The van der Waals surface area contributed by atoms with Gasteiger partial charge in [-0.1, -0.05) is 29.1 Å². The average Bonchev–Trinajstić information content (AvgIpc) is 2.51. The predicted octanol–water partition coefficient (Wildman–Crippen LogP) is 3.35. The highest BCUT2D eigenvalue weighted by molar-refractivity contribution is 7.89. The third-order valence-electron chi connectivity index (χ3n) is 3.85. The number of rotatable bonds is 5. The summed E-state index contributed by atoms with van der Waals surface area (Å²) >= 11 is 12.1. The van der Waals surface area contributed by atoms with Crippen LogP contribution in [0.1, 0.15) is 18.4 Å². The van der Waals surface area contributed by atoms with E-state index >= 15 is 0 Å².